The van der Waals surface area contributed by atoms with Crippen molar-refractivity contribution in [3.05, 3.63) is 64.2 Å². The van der Waals surface area contributed by atoms with Crippen molar-refractivity contribution in [3.8, 4) is 5.75 Å². The summed E-state index contributed by atoms with van der Waals surface area (Å²) >= 11 is 5.93. The van der Waals surface area contributed by atoms with E-state index in [0.717, 1.165) is 0 Å². The van der Waals surface area contributed by atoms with Crippen LogP contribution in [-0.4, -0.2) is 24.0 Å². The zero-order valence-electron chi connectivity index (χ0n) is 11.7. The molecule has 1 unspecified atom stereocenters. The van der Waals surface area contributed by atoms with E-state index in [2.05, 4.69) is 0 Å². The van der Waals surface area contributed by atoms with Crippen LogP contribution in [0, 0.1) is 0 Å². The summed E-state index contributed by atoms with van der Waals surface area (Å²) in [6.45, 7) is 0. The topological polar surface area (TPSA) is 89.6 Å². The van der Waals surface area contributed by atoms with E-state index >= 15 is 0 Å². The highest BCUT2D eigenvalue weighted by atomic mass is 35.5. The van der Waals surface area contributed by atoms with Gasteiger partial charge in [-0.3, -0.25) is 9.59 Å². The Kier molecular flexibility index (Phi) is 4.80. The maximum Gasteiger partial charge on any atom is 0.325 e. The minimum Gasteiger partial charge on any atom is -0.495 e. The summed E-state index contributed by atoms with van der Waals surface area (Å²) in [6, 6.07) is 9.75. The Balaban J connectivity index is 2.37. The number of carbonyl (C=O) groups is 2. The van der Waals surface area contributed by atoms with Gasteiger partial charge in [-0.2, -0.15) is 0 Å². The molecule has 22 heavy (non-hydrogen) atoms. The molecule has 1 atom stereocenters. The van der Waals surface area contributed by atoms with Gasteiger partial charge in [-0.1, -0.05) is 29.8 Å². The summed E-state index contributed by atoms with van der Waals surface area (Å²) in [4.78, 5) is 23.4. The highest BCUT2D eigenvalue weighted by molar-refractivity contribution is 6.32. The standard InChI is InChI=1S/C16H14ClNO4/c1-22-13-8-11(5-6-12(13)17)15(19)10-4-2-3-9(7-10)14(18)16(20)21/h2-8,14H,18H2,1H3,(H,20,21). The molecular weight excluding hydrogens is 306 g/mol. The van der Waals surface area contributed by atoms with Crippen LogP contribution in [0.15, 0.2) is 42.5 Å². The number of nitrogens with two attached hydrogens (primary N) is 1. The molecule has 3 N–H and O–H groups in total. The van der Waals surface area contributed by atoms with Crippen molar-refractivity contribution in [3.63, 3.8) is 0 Å². The molecule has 2 rings (SSSR count). The lowest BCUT2D eigenvalue weighted by atomic mass is 9.98. The number of halogens is 1. The summed E-state index contributed by atoms with van der Waals surface area (Å²) in [5.74, 6) is -1.03. The Hall–Kier alpha value is -2.37. The molecule has 0 radical (unpaired) electrons. The van der Waals surface area contributed by atoms with Gasteiger partial charge in [0, 0.05) is 11.1 Å². The number of rotatable bonds is 5. The summed E-state index contributed by atoms with van der Waals surface area (Å²) in [5.41, 5.74) is 6.66. The third kappa shape index (κ3) is 3.27. The number of benzene rings is 2. The third-order valence-corrected chi connectivity index (χ3v) is 3.50. The summed E-state index contributed by atoms with van der Waals surface area (Å²) in [6.07, 6.45) is 0. The number of carboxylic acid groups (broad SMARTS) is 1. The number of hydrogen-bond acceptors (Lipinski definition) is 4. The second kappa shape index (κ2) is 6.60. The van der Waals surface area contributed by atoms with Crippen LogP contribution in [0.25, 0.3) is 0 Å². The smallest absolute Gasteiger partial charge is 0.325 e. The van der Waals surface area contributed by atoms with Gasteiger partial charge in [-0.05, 0) is 29.8 Å². The fraction of sp³-hybridized carbons (Fsp3) is 0.125. The van der Waals surface area contributed by atoms with E-state index in [1.54, 1.807) is 30.3 Å². The highest BCUT2D eigenvalue weighted by Crippen LogP contribution is 2.26. The summed E-state index contributed by atoms with van der Waals surface area (Å²) in [5, 5.41) is 9.34. The Morgan fingerprint density at radius 2 is 1.86 bits per heavy atom. The normalized spacial score (nSPS) is 11.8. The van der Waals surface area contributed by atoms with Gasteiger partial charge >= 0.3 is 5.97 Å². The molecule has 5 nitrogen and oxygen atoms in total. The summed E-state index contributed by atoms with van der Waals surface area (Å²) < 4.78 is 5.08. The molecule has 0 aliphatic heterocycles. The molecule has 114 valence electrons. The lowest BCUT2D eigenvalue weighted by molar-refractivity contribution is -0.138. The number of methoxy groups -OCH3 is 1. The Morgan fingerprint density at radius 3 is 2.50 bits per heavy atom. The van der Waals surface area contributed by atoms with Gasteiger partial charge in [-0.15, -0.1) is 0 Å². The van der Waals surface area contributed by atoms with Crippen molar-refractivity contribution < 1.29 is 19.4 Å². The molecular formula is C16H14ClNO4. The zero-order chi connectivity index (χ0) is 16.3. The minimum absolute atomic E-state index is 0.269. The number of carboxylic acids is 1. The van der Waals surface area contributed by atoms with E-state index in [1.807, 2.05) is 0 Å². The van der Waals surface area contributed by atoms with Gasteiger partial charge in [-0.25, -0.2) is 0 Å². The Labute approximate surface area is 132 Å². The van der Waals surface area contributed by atoms with Crippen molar-refractivity contribution >= 4 is 23.4 Å². The fourth-order valence-electron chi connectivity index (χ4n) is 1.98. The predicted molar refractivity (Wildman–Crippen MR) is 82.4 cm³/mol. The average molecular weight is 320 g/mol. The number of aliphatic carboxylic acids is 1. The number of ether oxygens (including phenoxy) is 1. The van der Waals surface area contributed by atoms with Gasteiger partial charge in [0.1, 0.15) is 11.8 Å². The van der Waals surface area contributed by atoms with Crippen LogP contribution < -0.4 is 10.5 Å². The van der Waals surface area contributed by atoms with E-state index < -0.39 is 12.0 Å². The molecule has 2 aromatic carbocycles. The van der Waals surface area contributed by atoms with Gasteiger partial charge in [0.2, 0.25) is 0 Å². The second-order valence-electron chi connectivity index (χ2n) is 4.62. The summed E-state index contributed by atoms with van der Waals surface area (Å²) in [7, 11) is 1.46. The van der Waals surface area contributed by atoms with Gasteiger partial charge in [0.05, 0.1) is 12.1 Å². The monoisotopic (exact) mass is 319 g/mol. The van der Waals surface area contributed by atoms with Crippen molar-refractivity contribution in [1.29, 1.82) is 0 Å². The van der Waals surface area contributed by atoms with E-state index in [1.165, 1.54) is 19.2 Å². The van der Waals surface area contributed by atoms with E-state index in [9.17, 15) is 9.59 Å². The quantitative estimate of drug-likeness (QED) is 0.827. The molecule has 0 aliphatic rings. The minimum atomic E-state index is -1.17. The molecule has 0 amide bonds. The van der Waals surface area contributed by atoms with Crippen molar-refractivity contribution in [2.24, 2.45) is 5.73 Å². The first kappa shape index (κ1) is 16.0. The molecule has 0 spiro atoms. The SMILES string of the molecule is COc1cc(C(=O)c2cccc(C(N)C(=O)O)c2)ccc1Cl. The molecule has 0 aromatic heterocycles. The third-order valence-electron chi connectivity index (χ3n) is 3.19. The van der Waals surface area contributed by atoms with Crippen molar-refractivity contribution in [1.82, 2.24) is 0 Å². The predicted octanol–water partition coefficient (Wildman–Crippen LogP) is 2.66. The number of hydrogen-bond donors (Lipinski definition) is 2. The molecule has 0 saturated heterocycles. The van der Waals surface area contributed by atoms with Crippen LogP contribution in [0.5, 0.6) is 5.75 Å². The maximum atomic E-state index is 12.5. The Morgan fingerprint density at radius 1 is 1.18 bits per heavy atom. The van der Waals surface area contributed by atoms with Gasteiger partial charge < -0.3 is 15.6 Å². The van der Waals surface area contributed by atoms with E-state index in [-0.39, 0.29) is 5.78 Å². The molecule has 0 heterocycles. The second-order valence-corrected chi connectivity index (χ2v) is 5.03. The van der Waals surface area contributed by atoms with Crippen LogP contribution in [0.1, 0.15) is 27.5 Å². The first-order chi connectivity index (χ1) is 10.4. The van der Waals surface area contributed by atoms with Gasteiger partial charge in [0.15, 0.2) is 5.78 Å². The largest absolute Gasteiger partial charge is 0.495 e. The molecule has 0 aliphatic carbocycles. The van der Waals surface area contributed by atoms with Crippen LogP contribution in [-0.2, 0) is 4.79 Å². The lowest BCUT2D eigenvalue weighted by Gasteiger charge is -2.09. The van der Waals surface area contributed by atoms with Crippen LogP contribution in [0.2, 0.25) is 5.02 Å². The van der Waals surface area contributed by atoms with Crippen LogP contribution in [0.3, 0.4) is 0 Å². The molecule has 2 aromatic rings. The first-order valence-electron chi connectivity index (χ1n) is 6.40. The first-order valence-corrected chi connectivity index (χ1v) is 6.78. The molecule has 0 bridgehead atoms. The lowest BCUT2D eigenvalue weighted by Crippen LogP contribution is -2.20. The van der Waals surface area contributed by atoms with E-state index in [4.69, 9.17) is 27.2 Å². The maximum absolute atomic E-state index is 12.5. The van der Waals surface area contributed by atoms with Gasteiger partial charge in [0.25, 0.3) is 0 Å². The molecule has 0 fully saturated rings. The Bertz CT molecular complexity index is 730. The van der Waals surface area contributed by atoms with Crippen LogP contribution >= 0.6 is 11.6 Å². The fourth-order valence-corrected chi connectivity index (χ4v) is 2.18. The number of carbonyl (C=O) groups excluding carboxylic acids is 1. The van der Waals surface area contributed by atoms with Crippen LogP contribution in [0.4, 0.5) is 0 Å². The molecule has 0 saturated carbocycles. The average Bonchev–Trinajstić information content (AvgIpc) is 2.54. The van der Waals surface area contributed by atoms with E-state index in [0.29, 0.717) is 27.5 Å². The van der Waals surface area contributed by atoms with Crippen molar-refractivity contribution in [2.75, 3.05) is 7.11 Å². The zero-order valence-corrected chi connectivity index (χ0v) is 12.5. The number of ketones is 1. The van der Waals surface area contributed by atoms with Crippen molar-refractivity contribution in [2.45, 2.75) is 6.04 Å². The highest BCUT2D eigenvalue weighted by Gasteiger charge is 2.17. The molecule has 6 heteroatoms.